The Bertz CT molecular complexity index is 1090. The number of pyridine rings is 2. The normalized spacial score (nSPS) is 17.3. The minimum absolute atomic E-state index is 0.0774. The largest absolute Gasteiger partial charge is 0.325 e. The van der Waals surface area contributed by atoms with Crippen LogP contribution in [0.15, 0.2) is 47.4 Å². The monoisotopic (exact) mass is 361 g/mol. The molecule has 0 spiro atoms. The molecule has 6 nitrogen and oxygen atoms in total. The fraction of sp³-hybridized carbons (Fsp3) is 0.238. The first-order valence-electron chi connectivity index (χ1n) is 9.02. The average Bonchev–Trinajstić information content (AvgIpc) is 2.67. The van der Waals surface area contributed by atoms with E-state index in [-0.39, 0.29) is 17.4 Å². The lowest BCUT2D eigenvalue weighted by atomic mass is 9.94. The second-order valence-corrected chi connectivity index (χ2v) is 6.81. The molecule has 27 heavy (non-hydrogen) atoms. The second kappa shape index (κ2) is 7.15. The first-order valence-corrected chi connectivity index (χ1v) is 9.02. The topological polar surface area (TPSA) is 91.9 Å². The van der Waals surface area contributed by atoms with Crippen LogP contribution in [-0.4, -0.2) is 22.2 Å². The van der Waals surface area contributed by atoms with E-state index in [1.165, 1.54) is 6.07 Å². The van der Waals surface area contributed by atoms with E-state index in [2.05, 4.69) is 15.3 Å². The van der Waals surface area contributed by atoms with E-state index >= 15 is 0 Å². The van der Waals surface area contributed by atoms with Gasteiger partial charge in [0.1, 0.15) is 6.29 Å². The summed E-state index contributed by atoms with van der Waals surface area (Å²) in [6, 6.07) is 10.7. The molecule has 3 heterocycles. The summed E-state index contributed by atoms with van der Waals surface area (Å²) in [4.78, 5) is 42.8. The molecular formula is C21H19N3O3. The number of hydrogen-bond acceptors (Lipinski definition) is 4. The zero-order valence-electron chi connectivity index (χ0n) is 14.7. The Kier molecular flexibility index (Phi) is 4.54. The number of carbonyl (C=O) groups is 2. The predicted molar refractivity (Wildman–Crippen MR) is 104 cm³/mol. The first-order chi connectivity index (χ1) is 13.1. The van der Waals surface area contributed by atoms with Gasteiger partial charge in [-0.05, 0) is 54.1 Å². The Morgan fingerprint density at radius 2 is 1.96 bits per heavy atom. The van der Waals surface area contributed by atoms with Crippen LogP contribution in [-0.2, 0) is 9.59 Å². The van der Waals surface area contributed by atoms with Gasteiger partial charge < -0.3 is 15.1 Å². The van der Waals surface area contributed by atoms with Crippen LogP contribution < -0.4 is 10.9 Å². The molecular weight excluding hydrogens is 342 g/mol. The van der Waals surface area contributed by atoms with E-state index < -0.39 is 0 Å². The highest BCUT2D eigenvalue weighted by Gasteiger charge is 2.17. The molecule has 4 rings (SSSR count). The Balaban J connectivity index is 1.94. The summed E-state index contributed by atoms with van der Waals surface area (Å²) in [7, 11) is 0. The van der Waals surface area contributed by atoms with Crippen molar-refractivity contribution in [1.82, 2.24) is 9.97 Å². The van der Waals surface area contributed by atoms with Crippen molar-refractivity contribution in [1.29, 1.82) is 0 Å². The van der Waals surface area contributed by atoms with Crippen molar-refractivity contribution in [3.63, 3.8) is 0 Å². The third-order valence-corrected chi connectivity index (χ3v) is 4.94. The molecule has 0 fully saturated rings. The molecule has 0 radical (unpaired) electrons. The van der Waals surface area contributed by atoms with Crippen LogP contribution in [0.2, 0.25) is 0 Å². The molecule has 1 aliphatic rings. The number of hydrogen-bond donors (Lipinski definition) is 2. The van der Waals surface area contributed by atoms with Gasteiger partial charge in [0.25, 0.3) is 0 Å². The summed E-state index contributed by atoms with van der Waals surface area (Å²) in [5.41, 5.74) is 3.54. The van der Waals surface area contributed by atoms with E-state index in [4.69, 9.17) is 0 Å². The van der Waals surface area contributed by atoms with Gasteiger partial charge in [-0.15, -0.1) is 0 Å². The van der Waals surface area contributed by atoms with Gasteiger partial charge in [0.15, 0.2) is 0 Å². The lowest BCUT2D eigenvalue weighted by Crippen LogP contribution is -2.13. The third-order valence-electron chi connectivity index (χ3n) is 4.94. The molecule has 1 unspecified atom stereocenters. The van der Waals surface area contributed by atoms with E-state index in [0.29, 0.717) is 30.5 Å². The zero-order chi connectivity index (χ0) is 18.8. The number of aromatic amines is 1. The van der Waals surface area contributed by atoms with Gasteiger partial charge in [-0.1, -0.05) is 6.42 Å². The Labute approximate surface area is 155 Å². The molecule has 136 valence electrons. The van der Waals surface area contributed by atoms with Gasteiger partial charge in [-0.25, -0.2) is 0 Å². The molecule has 3 aromatic rings. The minimum atomic E-state index is -0.271. The maximum Gasteiger partial charge on any atom is 0.248 e. The van der Waals surface area contributed by atoms with Gasteiger partial charge >= 0.3 is 0 Å². The van der Waals surface area contributed by atoms with Gasteiger partial charge in [-0.3, -0.25) is 14.6 Å². The van der Waals surface area contributed by atoms with Gasteiger partial charge in [-0.2, -0.15) is 0 Å². The maximum atomic E-state index is 12.4. The van der Waals surface area contributed by atoms with Crippen LogP contribution in [0.1, 0.15) is 37.3 Å². The number of nitrogens with one attached hydrogen (secondary N) is 2. The molecule has 2 aromatic heterocycles. The third kappa shape index (κ3) is 3.51. The van der Waals surface area contributed by atoms with Crippen LogP contribution in [0.3, 0.4) is 0 Å². The smallest absolute Gasteiger partial charge is 0.248 e. The fourth-order valence-electron chi connectivity index (χ4n) is 3.51. The molecule has 6 heteroatoms. The quantitative estimate of drug-likeness (QED) is 0.650. The number of aldehydes is 1. The van der Waals surface area contributed by atoms with E-state index in [1.54, 1.807) is 18.3 Å². The van der Waals surface area contributed by atoms with Crippen LogP contribution >= 0.6 is 0 Å². The van der Waals surface area contributed by atoms with E-state index in [9.17, 15) is 14.4 Å². The number of nitrogens with zero attached hydrogens (tertiary/aromatic N) is 1. The highest BCUT2D eigenvalue weighted by atomic mass is 16.1. The molecule has 1 aromatic carbocycles. The predicted octanol–water partition coefficient (Wildman–Crippen LogP) is 3.39. The number of H-pyrrole nitrogens is 1. The molecule has 2 N–H and O–H groups in total. The average molecular weight is 361 g/mol. The molecule has 0 saturated heterocycles. The van der Waals surface area contributed by atoms with Crippen molar-refractivity contribution >= 4 is 28.8 Å². The molecule has 0 saturated carbocycles. The first kappa shape index (κ1) is 17.1. The Morgan fingerprint density at radius 1 is 1.07 bits per heavy atom. The highest BCUT2D eigenvalue weighted by Crippen LogP contribution is 2.33. The van der Waals surface area contributed by atoms with Crippen LogP contribution in [0.5, 0.6) is 0 Å². The van der Waals surface area contributed by atoms with Crippen LogP contribution in [0.25, 0.3) is 22.0 Å². The van der Waals surface area contributed by atoms with Crippen molar-refractivity contribution < 1.29 is 9.59 Å². The summed E-state index contributed by atoms with van der Waals surface area (Å²) < 4.78 is 0. The van der Waals surface area contributed by atoms with Crippen LogP contribution in [0.4, 0.5) is 5.69 Å². The van der Waals surface area contributed by atoms with Crippen LogP contribution in [0, 0.1) is 0 Å². The second-order valence-electron chi connectivity index (χ2n) is 6.81. The van der Waals surface area contributed by atoms with Crippen molar-refractivity contribution in [2.45, 2.75) is 31.6 Å². The molecule has 1 aliphatic heterocycles. The van der Waals surface area contributed by atoms with Crippen molar-refractivity contribution in [2.75, 3.05) is 5.32 Å². The number of benzene rings is 1. The van der Waals surface area contributed by atoms with Crippen molar-refractivity contribution in [3.8, 4) is 11.1 Å². The molecule has 1 atom stereocenters. The number of anilines is 1. The van der Waals surface area contributed by atoms with Gasteiger partial charge in [0.05, 0.1) is 22.8 Å². The van der Waals surface area contributed by atoms with Crippen molar-refractivity contribution in [3.05, 3.63) is 58.6 Å². The Hall–Kier alpha value is -3.28. The summed E-state index contributed by atoms with van der Waals surface area (Å²) in [6.07, 6.45) is 5.17. The summed E-state index contributed by atoms with van der Waals surface area (Å²) in [5.74, 6) is -0.348. The fourth-order valence-corrected chi connectivity index (χ4v) is 3.51. The number of carbonyl (C=O) groups excluding carboxylic acids is 2. The number of amides is 1. The van der Waals surface area contributed by atoms with Gasteiger partial charge in [0, 0.05) is 24.2 Å². The zero-order valence-corrected chi connectivity index (χ0v) is 14.7. The SMILES string of the molecule is O=CC1CCCCC(=O)Nc2cc3[nH]c(=O)ccc3cc2-c2ccnc1c2. The van der Waals surface area contributed by atoms with E-state index in [0.717, 1.165) is 34.9 Å². The number of rotatable bonds is 1. The highest BCUT2D eigenvalue weighted by molar-refractivity contribution is 6.00. The maximum absolute atomic E-state index is 12.4. The summed E-state index contributed by atoms with van der Waals surface area (Å²) >= 11 is 0. The lowest BCUT2D eigenvalue weighted by Gasteiger charge is -2.17. The minimum Gasteiger partial charge on any atom is -0.325 e. The summed E-state index contributed by atoms with van der Waals surface area (Å²) in [6.45, 7) is 0. The molecule has 0 aliphatic carbocycles. The standard InChI is InChI=1S/C21H19N3O3/c25-12-15-3-1-2-4-20(26)24-19-11-18-14(5-6-21(27)23-18)9-16(19)13-7-8-22-17(15)10-13/h5-12,15H,1-4H2,(H,23,27)(H,24,26). The summed E-state index contributed by atoms with van der Waals surface area (Å²) in [5, 5.41) is 3.83. The number of fused-ring (bicyclic) bond motifs is 5. The Morgan fingerprint density at radius 3 is 2.81 bits per heavy atom. The molecule has 1 amide bonds. The lowest BCUT2D eigenvalue weighted by molar-refractivity contribution is -0.116. The van der Waals surface area contributed by atoms with Crippen molar-refractivity contribution in [2.24, 2.45) is 0 Å². The molecule has 2 bridgehead atoms. The van der Waals surface area contributed by atoms with E-state index in [1.807, 2.05) is 18.2 Å². The van der Waals surface area contributed by atoms with Gasteiger partial charge in [0.2, 0.25) is 11.5 Å². The number of aromatic nitrogens is 2.